The number of piperidine rings is 1. The molecular weight excluding hydrogens is 232 g/mol. The van der Waals surface area contributed by atoms with Gasteiger partial charge in [0.1, 0.15) is 0 Å². The predicted octanol–water partition coefficient (Wildman–Crippen LogP) is 0.540. The van der Waals surface area contributed by atoms with E-state index in [-0.39, 0.29) is 17.8 Å². The van der Waals surface area contributed by atoms with Crippen LogP contribution in [0.4, 0.5) is 0 Å². The van der Waals surface area contributed by atoms with Gasteiger partial charge in [-0.05, 0) is 32.6 Å². The fourth-order valence-electron chi connectivity index (χ4n) is 2.26. The minimum atomic E-state index is -0.110. The van der Waals surface area contributed by atoms with Crippen molar-refractivity contribution < 1.29 is 14.3 Å². The molecule has 1 aliphatic carbocycles. The molecule has 2 aliphatic rings. The maximum Gasteiger partial charge on any atom is 0.309 e. The molecule has 102 valence electrons. The van der Waals surface area contributed by atoms with E-state index in [0.29, 0.717) is 32.3 Å². The molecule has 2 fully saturated rings. The highest BCUT2D eigenvalue weighted by Gasteiger charge is 2.29. The summed E-state index contributed by atoms with van der Waals surface area (Å²) in [5.74, 6) is 0.0234. The van der Waals surface area contributed by atoms with Crippen LogP contribution in [-0.4, -0.2) is 49.1 Å². The summed E-state index contributed by atoms with van der Waals surface area (Å²) in [6.07, 6.45) is 3.85. The van der Waals surface area contributed by atoms with Crippen molar-refractivity contribution in [1.29, 1.82) is 0 Å². The number of nitrogens with one attached hydrogen (secondary N) is 1. The number of carbonyl (C=O) groups excluding carboxylic acids is 2. The Hall–Kier alpha value is -1.10. The van der Waals surface area contributed by atoms with E-state index in [1.807, 2.05) is 11.8 Å². The molecule has 1 saturated carbocycles. The first-order valence-electron chi connectivity index (χ1n) is 6.88. The molecular formula is C13H22N2O3. The van der Waals surface area contributed by atoms with Crippen molar-refractivity contribution >= 4 is 11.9 Å². The van der Waals surface area contributed by atoms with Crippen LogP contribution in [0.5, 0.6) is 0 Å². The van der Waals surface area contributed by atoms with Gasteiger partial charge in [0, 0.05) is 19.1 Å². The van der Waals surface area contributed by atoms with Crippen LogP contribution in [0.3, 0.4) is 0 Å². The van der Waals surface area contributed by atoms with E-state index in [1.54, 1.807) is 0 Å². The van der Waals surface area contributed by atoms with Crippen molar-refractivity contribution in [2.75, 3.05) is 26.2 Å². The van der Waals surface area contributed by atoms with Gasteiger partial charge in [0.15, 0.2) is 0 Å². The maximum absolute atomic E-state index is 11.9. The summed E-state index contributed by atoms with van der Waals surface area (Å²) in [5, 5.41) is 3.23. The number of ether oxygens (including phenoxy) is 1. The molecule has 0 radical (unpaired) electrons. The van der Waals surface area contributed by atoms with E-state index in [1.165, 1.54) is 12.8 Å². The third kappa shape index (κ3) is 3.70. The lowest BCUT2D eigenvalue weighted by Crippen LogP contribution is -2.44. The summed E-state index contributed by atoms with van der Waals surface area (Å²) in [6.45, 7) is 4.04. The molecule has 0 bridgehead atoms. The zero-order chi connectivity index (χ0) is 13.0. The fourth-order valence-corrected chi connectivity index (χ4v) is 2.26. The van der Waals surface area contributed by atoms with Gasteiger partial charge in [0.25, 0.3) is 0 Å². The van der Waals surface area contributed by atoms with Gasteiger partial charge in [-0.2, -0.15) is 0 Å². The van der Waals surface area contributed by atoms with Gasteiger partial charge in [-0.15, -0.1) is 0 Å². The monoisotopic (exact) mass is 254 g/mol. The fraction of sp³-hybridized carbons (Fsp3) is 0.846. The first kappa shape index (κ1) is 13.3. The van der Waals surface area contributed by atoms with Gasteiger partial charge in [-0.25, -0.2) is 0 Å². The maximum atomic E-state index is 11.9. The molecule has 0 unspecified atom stereocenters. The molecule has 5 heteroatoms. The van der Waals surface area contributed by atoms with Crippen LogP contribution < -0.4 is 5.32 Å². The molecule has 0 spiro atoms. The van der Waals surface area contributed by atoms with Crippen LogP contribution in [0.25, 0.3) is 0 Å². The van der Waals surface area contributed by atoms with Gasteiger partial charge >= 0.3 is 5.97 Å². The van der Waals surface area contributed by atoms with Crippen LogP contribution in [0, 0.1) is 5.92 Å². The number of rotatable bonds is 5. The van der Waals surface area contributed by atoms with Gasteiger partial charge < -0.3 is 15.0 Å². The number of amides is 1. The SMILES string of the molecule is CCOC(=O)C1CCN(C(=O)CNC2CC2)CC1. The Bertz CT molecular complexity index is 307. The van der Waals surface area contributed by atoms with Crippen LogP contribution >= 0.6 is 0 Å². The van der Waals surface area contributed by atoms with Crippen molar-refractivity contribution in [2.24, 2.45) is 5.92 Å². The summed E-state index contributed by atoms with van der Waals surface area (Å²) in [5.41, 5.74) is 0. The van der Waals surface area contributed by atoms with Crippen molar-refractivity contribution in [3.8, 4) is 0 Å². The van der Waals surface area contributed by atoms with Crippen LogP contribution in [0.15, 0.2) is 0 Å². The van der Waals surface area contributed by atoms with Gasteiger partial charge in [-0.1, -0.05) is 0 Å². The molecule has 1 N–H and O–H groups in total. The molecule has 1 aliphatic heterocycles. The zero-order valence-corrected chi connectivity index (χ0v) is 11.0. The number of likely N-dealkylation sites (tertiary alicyclic amines) is 1. The highest BCUT2D eigenvalue weighted by atomic mass is 16.5. The van der Waals surface area contributed by atoms with Crippen LogP contribution in [-0.2, 0) is 14.3 Å². The number of hydrogen-bond acceptors (Lipinski definition) is 4. The highest BCUT2D eigenvalue weighted by molar-refractivity contribution is 5.79. The van der Waals surface area contributed by atoms with Gasteiger partial charge in [0.05, 0.1) is 19.1 Å². The van der Waals surface area contributed by atoms with Crippen LogP contribution in [0.1, 0.15) is 32.6 Å². The standard InChI is InChI=1S/C13H22N2O3/c1-2-18-13(17)10-5-7-15(8-6-10)12(16)9-14-11-3-4-11/h10-11,14H,2-9H2,1H3. The molecule has 0 atom stereocenters. The molecule has 5 nitrogen and oxygen atoms in total. The van der Waals surface area contributed by atoms with Crippen molar-refractivity contribution in [2.45, 2.75) is 38.6 Å². The van der Waals surface area contributed by atoms with Crippen molar-refractivity contribution in [3.05, 3.63) is 0 Å². The van der Waals surface area contributed by atoms with Crippen LogP contribution in [0.2, 0.25) is 0 Å². The number of hydrogen-bond donors (Lipinski definition) is 1. The predicted molar refractivity (Wildman–Crippen MR) is 67.0 cm³/mol. The van der Waals surface area contributed by atoms with E-state index in [0.717, 1.165) is 12.8 Å². The first-order valence-corrected chi connectivity index (χ1v) is 6.88. The normalized spacial score (nSPS) is 20.8. The molecule has 2 rings (SSSR count). The molecule has 1 amide bonds. The lowest BCUT2D eigenvalue weighted by atomic mass is 9.97. The second-order valence-electron chi connectivity index (χ2n) is 5.06. The van der Waals surface area contributed by atoms with Crippen molar-refractivity contribution in [3.63, 3.8) is 0 Å². The second kappa shape index (κ2) is 6.18. The third-order valence-corrected chi connectivity index (χ3v) is 3.59. The molecule has 0 aromatic rings. The zero-order valence-electron chi connectivity index (χ0n) is 11.0. The molecule has 0 aromatic heterocycles. The summed E-state index contributed by atoms with van der Waals surface area (Å²) >= 11 is 0. The topological polar surface area (TPSA) is 58.6 Å². The van der Waals surface area contributed by atoms with E-state index >= 15 is 0 Å². The van der Waals surface area contributed by atoms with E-state index < -0.39 is 0 Å². The first-order chi connectivity index (χ1) is 8.70. The largest absolute Gasteiger partial charge is 0.466 e. The Morgan fingerprint density at radius 1 is 1.22 bits per heavy atom. The minimum Gasteiger partial charge on any atom is -0.466 e. The second-order valence-corrected chi connectivity index (χ2v) is 5.06. The van der Waals surface area contributed by atoms with Gasteiger partial charge in [0.2, 0.25) is 5.91 Å². The number of carbonyl (C=O) groups is 2. The van der Waals surface area contributed by atoms with E-state index in [2.05, 4.69) is 5.32 Å². The average molecular weight is 254 g/mol. The Kier molecular flexibility index (Phi) is 4.58. The summed E-state index contributed by atoms with van der Waals surface area (Å²) in [7, 11) is 0. The van der Waals surface area contributed by atoms with Gasteiger partial charge in [-0.3, -0.25) is 9.59 Å². The molecule has 18 heavy (non-hydrogen) atoms. The Labute approximate surface area is 108 Å². The minimum absolute atomic E-state index is 0.0228. The van der Waals surface area contributed by atoms with Crippen molar-refractivity contribution in [1.82, 2.24) is 10.2 Å². The molecule has 1 heterocycles. The number of nitrogens with zero attached hydrogens (tertiary/aromatic N) is 1. The summed E-state index contributed by atoms with van der Waals surface area (Å²) < 4.78 is 5.01. The molecule has 1 saturated heterocycles. The number of esters is 1. The van der Waals surface area contributed by atoms with E-state index in [9.17, 15) is 9.59 Å². The van der Waals surface area contributed by atoms with E-state index in [4.69, 9.17) is 4.74 Å². The average Bonchev–Trinajstić information content (AvgIpc) is 3.20. The summed E-state index contributed by atoms with van der Waals surface area (Å²) in [6, 6.07) is 0.561. The summed E-state index contributed by atoms with van der Waals surface area (Å²) in [4.78, 5) is 25.3. The lowest BCUT2D eigenvalue weighted by Gasteiger charge is -2.31. The Morgan fingerprint density at radius 2 is 1.89 bits per heavy atom. The highest BCUT2D eigenvalue weighted by Crippen LogP contribution is 2.20. The quantitative estimate of drug-likeness (QED) is 0.728. The Morgan fingerprint density at radius 3 is 2.44 bits per heavy atom. The molecule has 0 aromatic carbocycles. The Balaban J connectivity index is 1.68. The lowest BCUT2D eigenvalue weighted by molar-refractivity contribution is -0.151. The third-order valence-electron chi connectivity index (χ3n) is 3.59. The smallest absolute Gasteiger partial charge is 0.309 e.